The van der Waals surface area contributed by atoms with Gasteiger partial charge in [-0.15, -0.1) is 0 Å². The van der Waals surface area contributed by atoms with E-state index in [-0.39, 0.29) is 5.91 Å². The number of hydrogen-bond donors (Lipinski definition) is 1. The minimum absolute atomic E-state index is 0.0548. The van der Waals surface area contributed by atoms with E-state index in [1.807, 2.05) is 44.2 Å². The molecular formula is C18H18N4O2S. The zero-order valence-electron chi connectivity index (χ0n) is 14.2. The van der Waals surface area contributed by atoms with Crippen molar-refractivity contribution in [3.8, 4) is 11.5 Å². The van der Waals surface area contributed by atoms with Gasteiger partial charge in [0.05, 0.1) is 16.3 Å². The second-order valence-corrected chi connectivity index (χ2v) is 6.63. The minimum Gasteiger partial charge on any atom is -0.334 e. The average molecular weight is 354 g/mol. The summed E-state index contributed by atoms with van der Waals surface area (Å²) in [5, 5.41) is 7.49. The zero-order valence-corrected chi connectivity index (χ0v) is 15.1. The summed E-state index contributed by atoms with van der Waals surface area (Å²) in [6.45, 7) is 5.73. The van der Waals surface area contributed by atoms with Crippen LogP contribution in [-0.4, -0.2) is 26.8 Å². The molecule has 1 amide bonds. The van der Waals surface area contributed by atoms with Crippen LogP contribution in [0, 0.1) is 20.8 Å². The molecule has 0 radical (unpaired) electrons. The summed E-state index contributed by atoms with van der Waals surface area (Å²) >= 11 is 1.38. The van der Waals surface area contributed by atoms with Gasteiger partial charge in [-0.2, -0.15) is 4.98 Å². The fourth-order valence-corrected chi connectivity index (χ4v) is 2.98. The Morgan fingerprint density at radius 1 is 1.16 bits per heavy atom. The highest BCUT2D eigenvalue weighted by atomic mass is 32.2. The number of rotatable bonds is 5. The molecule has 3 aromatic rings. The monoisotopic (exact) mass is 354 g/mol. The van der Waals surface area contributed by atoms with Gasteiger partial charge in [-0.1, -0.05) is 35.1 Å². The Morgan fingerprint density at radius 3 is 2.52 bits per heavy atom. The summed E-state index contributed by atoms with van der Waals surface area (Å²) in [6.07, 6.45) is 1.67. The van der Waals surface area contributed by atoms with Crippen LogP contribution in [0.2, 0.25) is 0 Å². The van der Waals surface area contributed by atoms with Crippen LogP contribution in [0.25, 0.3) is 11.5 Å². The van der Waals surface area contributed by atoms with Crippen LogP contribution in [-0.2, 0) is 4.79 Å². The number of pyridine rings is 1. The maximum atomic E-state index is 12.2. The number of para-hydroxylation sites is 1. The molecule has 2 heterocycles. The Balaban J connectivity index is 1.59. The van der Waals surface area contributed by atoms with Crippen LogP contribution in [0.3, 0.4) is 0 Å². The van der Waals surface area contributed by atoms with Gasteiger partial charge in [0.15, 0.2) is 5.82 Å². The number of hydrogen-bond acceptors (Lipinski definition) is 6. The number of nitrogens with zero attached hydrogens (tertiary/aromatic N) is 3. The number of carbonyl (C=O) groups excluding carboxylic acids is 1. The summed E-state index contributed by atoms with van der Waals surface area (Å²) in [6, 6.07) is 9.63. The normalized spacial score (nSPS) is 10.7. The van der Waals surface area contributed by atoms with E-state index in [2.05, 4.69) is 20.4 Å². The van der Waals surface area contributed by atoms with Crippen molar-refractivity contribution >= 4 is 23.4 Å². The van der Waals surface area contributed by atoms with Crippen LogP contribution in [0.5, 0.6) is 0 Å². The summed E-state index contributed by atoms with van der Waals surface area (Å²) in [5.41, 5.74) is 3.74. The van der Waals surface area contributed by atoms with Crippen LogP contribution >= 0.6 is 11.8 Å². The number of nitrogens with one attached hydrogen (secondary N) is 1. The van der Waals surface area contributed by atoms with Crippen molar-refractivity contribution in [2.24, 2.45) is 0 Å². The number of amides is 1. The predicted molar refractivity (Wildman–Crippen MR) is 97.5 cm³/mol. The van der Waals surface area contributed by atoms with E-state index < -0.39 is 0 Å². The zero-order chi connectivity index (χ0) is 17.8. The van der Waals surface area contributed by atoms with Gasteiger partial charge in [0.25, 0.3) is 5.89 Å². The van der Waals surface area contributed by atoms with Gasteiger partial charge >= 0.3 is 0 Å². The molecule has 1 N–H and O–H groups in total. The molecule has 0 aliphatic heterocycles. The number of carbonyl (C=O) groups is 1. The third kappa shape index (κ3) is 4.24. The molecule has 0 aliphatic rings. The fourth-order valence-electron chi connectivity index (χ4n) is 2.33. The second-order valence-electron chi connectivity index (χ2n) is 5.64. The van der Waals surface area contributed by atoms with Gasteiger partial charge in [0, 0.05) is 11.9 Å². The Bertz CT molecular complexity index is 870. The lowest BCUT2D eigenvalue weighted by Crippen LogP contribution is -2.15. The molecule has 128 valence electrons. The predicted octanol–water partition coefficient (Wildman–Crippen LogP) is 3.79. The van der Waals surface area contributed by atoms with Gasteiger partial charge < -0.3 is 9.84 Å². The maximum absolute atomic E-state index is 12.2. The van der Waals surface area contributed by atoms with Crippen molar-refractivity contribution in [1.82, 2.24) is 15.1 Å². The molecule has 25 heavy (non-hydrogen) atoms. The highest BCUT2D eigenvalue weighted by molar-refractivity contribution is 7.99. The van der Waals surface area contributed by atoms with Gasteiger partial charge in [-0.3, -0.25) is 4.79 Å². The number of aromatic nitrogens is 3. The lowest BCUT2D eigenvalue weighted by molar-refractivity contribution is -0.113. The van der Waals surface area contributed by atoms with Crippen molar-refractivity contribution in [2.45, 2.75) is 25.8 Å². The molecule has 6 nitrogen and oxygen atoms in total. The Hall–Kier alpha value is -2.67. The van der Waals surface area contributed by atoms with Gasteiger partial charge in [0.2, 0.25) is 5.91 Å². The Kier molecular flexibility index (Phi) is 5.14. The van der Waals surface area contributed by atoms with Crippen LogP contribution in [0.15, 0.2) is 46.1 Å². The van der Waals surface area contributed by atoms with Crippen molar-refractivity contribution in [2.75, 3.05) is 11.1 Å². The molecule has 0 spiro atoms. The molecule has 0 unspecified atom stereocenters. The topological polar surface area (TPSA) is 80.9 Å². The van der Waals surface area contributed by atoms with E-state index in [1.54, 1.807) is 13.1 Å². The van der Waals surface area contributed by atoms with E-state index in [9.17, 15) is 4.79 Å². The minimum atomic E-state index is -0.0548. The Labute approximate surface area is 150 Å². The molecule has 0 aliphatic carbocycles. The van der Waals surface area contributed by atoms with Crippen LogP contribution in [0.4, 0.5) is 5.69 Å². The van der Waals surface area contributed by atoms with E-state index in [4.69, 9.17) is 4.52 Å². The molecule has 7 heteroatoms. The van der Waals surface area contributed by atoms with E-state index in [1.165, 1.54) is 11.8 Å². The van der Waals surface area contributed by atoms with E-state index in [0.717, 1.165) is 27.4 Å². The van der Waals surface area contributed by atoms with Crippen molar-refractivity contribution in [1.29, 1.82) is 0 Å². The molecule has 3 rings (SSSR count). The summed E-state index contributed by atoms with van der Waals surface area (Å²) in [7, 11) is 0. The van der Waals surface area contributed by atoms with Gasteiger partial charge in [-0.05, 0) is 44.0 Å². The van der Waals surface area contributed by atoms with Crippen LogP contribution < -0.4 is 5.32 Å². The second kappa shape index (κ2) is 7.48. The van der Waals surface area contributed by atoms with Crippen molar-refractivity contribution in [3.63, 3.8) is 0 Å². The first-order valence-electron chi connectivity index (χ1n) is 7.78. The molecule has 0 bridgehead atoms. The Morgan fingerprint density at radius 2 is 1.92 bits per heavy atom. The molecule has 2 aromatic heterocycles. The molecule has 0 fully saturated rings. The number of aryl methyl sites for hydroxylation is 3. The largest absolute Gasteiger partial charge is 0.334 e. The van der Waals surface area contributed by atoms with E-state index >= 15 is 0 Å². The lowest BCUT2D eigenvalue weighted by Gasteiger charge is -2.11. The average Bonchev–Trinajstić information content (AvgIpc) is 3.03. The molecule has 0 atom stereocenters. The third-order valence-electron chi connectivity index (χ3n) is 3.61. The first-order valence-corrected chi connectivity index (χ1v) is 8.77. The highest BCUT2D eigenvalue weighted by Crippen LogP contribution is 2.22. The first kappa shape index (κ1) is 17.2. The molecule has 0 saturated carbocycles. The summed E-state index contributed by atoms with van der Waals surface area (Å²) in [4.78, 5) is 20.7. The smallest absolute Gasteiger partial charge is 0.259 e. The van der Waals surface area contributed by atoms with Gasteiger partial charge in [0.1, 0.15) is 0 Å². The third-order valence-corrected chi connectivity index (χ3v) is 4.55. The van der Waals surface area contributed by atoms with Gasteiger partial charge in [-0.25, -0.2) is 4.98 Å². The highest BCUT2D eigenvalue weighted by Gasteiger charge is 2.10. The number of anilines is 1. The lowest BCUT2D eigenvalue weighted by atomic mass is 10.1. The number of thioether (sulfide) groups is 1. The van der Waals surface area contributed by atoms with Crippen molar-refractivity contribution < 1.29 is 9.32 Å². The number of benzene rings is 1. The quantitative estimate of drug-likeness (QED) is 0.702. The molecule has 0 saturated heterocycles. The summed E-state index contributed by atoms with van der Waals surface area (Å²) in [5.74, 6) is 1.26. The first-order chi connectivity index (χ1) is 12.0. The molecular weight excluding hydrogens is 336 g/mol. The van der Waals surface area contributed by atoms with E-state index in [0.29, 0.717) is 17.5 Å². The fraction of sp³-hybridized carbons (Fsp3) is 0.222. The maximum Gasteiger partial charge on any atom is 0.259 e. The standard InChI is InChI=1S/C18H18N4O2S/c1-11-5-4-6-12(2)17(11)21-15(23)10-25-16-8-7-14(9-19-16)18-20-13(3)22-24-18/h4-9H,10H2,1-3H3,(H,21,23). The SMILES string of the molecule is Cc1noc(-c2ccc(SCC(=O)Nc3c(C)cccc3C)nc2)n1. The molecule has 1 aromatic carbocycles. The van der Waals surface area contributed by atoms with Crippen LogP contribution in [0.1, 0.15) is 17.0 Å². The summed E-state index contributed by atoms with van der Waals surface area (Å²) < 4.78 is 5.11. The van der Waals surface area contributed by atoms with Crippen molar-refractivity contribution in [3.05, 3.63) is 53.5 Å².